The number of hydrogen-bond acceptors (Lipinski definition) is 6. The molecule has 0 fully saturated rings. The van der Waals surface area contributed by atoms with Crippen LogP contribution >= 0.6 is 0 Å². The molecule has 7 nitrogen and oxygen atoms in total. The second-order valence-corrected chi connectivity index (χ2v) is 9.06. The largest absolute Gasteiger partial charge is 0.354 e. The van der Waals surface area contributed by atoms with Gasteiger partial charge in [0, 0.05) is 28.8 Å². The normalized spacial score (nSPS) is 18.7. The number of carbonyl (C=O) groups is 1. The average molecular weight is 418 g/mol. The SMILES string of the molecule is O=C1C2=C(Nc3ccccc3S(=O)(=O)[C@H]2c2ccc([N+](=O)[O-])cc2)c2ccccc21. The van der Waals surface area contributed by atoms with Crippen LogP contribution in [0.2, 0.25) is 0 Å². The van der Waals surface area contributed by atoms with Crippen LogP contribution in [0.3, 0.4) is 0 Å². The summed E-state index contributed by atoms with van der Waals surface area (Å²) in [6.45, 7) is 0. The molecule has 0 radical (unpaired) electrons. The second-order valence-electron chi connectivity index (χ2n) is 7.06. The van der Waals surface area contributed by atoms with E-state index in [0.29, 0.717) is 28.1 Å². The van der Waals surface area contributed by atoms with Crippen molar-refractivity contribution in [3.63, 3.8) is 0 Å². The maximum absolute atomic E-state index is 13.7. The monoisotopic (exact) mass is 418 g/mol. The molecule has 0 unspecified atom stereocenters. The first-order chi connectivity index (χ1) is 14.4. The molecular formula is C22H14N2O5S. The Morgan fingerprint density at radius 3 is 2.20 bits per heavy atom. The number of fused-ring (bicyclic) bond motifs is 3. The fourth-order valence-corrected chi connectivity index (χ4v) is 6.04. The number of nitro benzene ring substituents is 1. The summed E-state index contributed by atoms with van der Waals surface area (Å²) in [4.78, 5) is 23.9. The summed E-state index contributed by atoms with van der Waals surface area (Å²) in [5.74, 6) is -0.368. The molecule has 0 amide bonds. The van der Waals surface area contributed by atoms with Gasteiger partial charge in [0.2, 0.25) is 0 Å². The molecule has 1 aliphatic carbocycles. The van der Waals surface area contributed by atoms with Gasteiger partial charge >= 0.3 is 0 Å². The van der Waals surface area contributed by atoms with Crippen LogP contribution < -0.4 is 5.32 Å². The van der Waals surface area contributed by atoms with Crippen LogP contribution in [-0.4, -0.2) is 19.1 Å². The quantitative estimate of drug-likeness (QED) is 0.495. The highest BCUT2D eigenvalue weighted by molar-refractivity contribution is 7.92. The van der Waals surface area contributed by atoms with Gasteiger partial charge in [-0.3, -0.25) is 14.9 Å². The number of sulfone groups is 1. The third-order valence-electron chi connectivity index (χ3n) is 5.39. The van der Waals surface area contributed by atoms with Crippen LogP contribution in [0.1, 0.15) is 26.7 Å². The molecule has 0 spiro atoms. The van der Waals surface area contributed by atoms with E-state index < -0.39 is 20.0 Å². The molecule has 0 bridgehead atoms. The van der Waals surface area contributed by atoms with Crippen LogP contribution in [0, 0.1) is 10.1 Å². The molecule has 2 aliphatic rings. The maximum atomic E-state index is 13.7. The Morgan fingerprint density at radius 2 is 1.50 bits per heavy atom. The van der Waals surface area contributed by atoms with Crippen LogP contribution in [-0.2, 0) is 9.84 Å². The lowest BCUT2D eigenvalue weighted by atomic mass is 10.0. The Labute approximate surface area is 171 Å². The summed E-state index contributed by atoms with van der Waals surface area (Å²) < 4.78 is 27.4. The summed E-state index contributed by atoms with van der Waals surface area (Å²) >= 11 is 0. The topological polar surface area (TPSA) is 106 Å². The van der Waals surface area contributed by atoms with E-state index in [1.807, 2.05) is 0 Å². The Kier molecular flexibility index (Phi) is 3.87. The first-order valence-corrected chi connectivity index (χ1v) is 10.7. The van der Waals surface area contributed by atoms with Crippen molar-refractivity contribution >= 4 is 32.7 Å². The number of Topliss-reactive ketones (excluding diaryl/α,β-unsaturated/α-hetero) is 1. The third-order valence-corrected chi connectivity index (χ3v) is 7.48. The molecule has 1 heterocycles. The summed E-state index contributed by atoms with van der Waals surface area (Å²) in [5.41, 5.74) is 2.17. The summed E-state index contributed by atoms with van der Waals surface area (Å²) in [6, 6.07) is 18.7. The van der Waals surface area contributed by atoms with Crippen LogP contribution in [0.5, 0.6) is 0 Å². The van der Waals surface area contributed by atoms with Crippen molar-refractivity contribution in [3.8, 4) is 0 Å². The number of nitrogens with zero attached hydrogens (tertiary/aromatic N) is 1. The Balaban J connectivity index is 1.82. The highest BCUT2D eigenvalue weighted by atomic mass is 32.2. The molecule has 0 saturated carbocycles. The van der Waals surface area contributed by atoms with E-state index in [9.17, 15) is 23.3 Å². The molecule has 148 valence electrons. The zero-order chi connectivity index (χ0) is 21.0. The standard InChI is InChI=1S/C22H14N2O5S/c25-21-16-6-2-1-5-15(16)20-19(21)22(13-9-11-14(12-10-13)24(26)27)30(28,29)18-8-4-3-7-17(18)23-20/h1-12,22-23H/t22-/m0/s1. The van der Waals surface area contributed by atoms with Crippen LogP contribution in [0.25, 0.3) is 5.70 Å². The van der Waals surface area contributed by atoms with Gasteiger partial charge in [0.25, 0.3) is 5.69 Å². The molecule has 5 rings (SSSR count). The minimum absolute atomic E-state index is 0.0769. The lowest BCUT2D eigenvalue weighted by Gasteiger charge is -2.18. The summed E-state index contributed by atoms with van der Waals surface area (Å²) in [7, 11) is -4.02. The number of ketones is 1. The summed E-state index contributed by atoms with van der Waals surface area (Å²) in [5, 5.41) is 12.9. The van der Waals surface area contributed by atoms with Gasteiger partial charge in [-0.1, -0.05) is 48.5 Å². The van der Waals surface area contributed by atoms with Crippen molar-refractivity contribution in [1.29, 1.82) is 0 Å². The molecule has 3 aromatic carbocycles. The van der Waals surface area contributed by atoms with E-state index in [1.165, 1.54) is 30.3 Å². The van der Waals surface area contributed by atoms with E-state index in [0.717, 1.165) is 0 Å². The predicted octanol–water partition coefficient (Wildman–Crippen LogP) is 4.14. The lowest BCUT2D eigenvalue weighted by Crippen LogP contribution is -2.19. The van der Waals surface area contributed by atoms with E-state index in [2.05, 4.69) is 5.32 Å². The van der Waals surface area contributed by atoms with Crippen molar-refractivity contribution in [2.45, 2.75) is 10.1 Å². The van der Waals surface area contributed by atoms with Crippen molar-refractivity contribution in [1.82, 2.24) is 0 Å². The number of carbonyl (C=O) groups excluding carboxylic acids is 1. The van der Waals surface area contributed by atoms with Crippen LogP contribution in [0.15, 0.2) is 83.3 Å². The molecular weight excluding hydrogens is 404 g/mol. The minimum Gasteiger partial charge on any atom is -0.354 e. The Morgan fingerprint density at radius 1 is 0.867 bits per heavy atom. The van der Waals surface area contributed by atoms with Crippen molar-refractivity contribution in [3.05, 3.63) is 105 Å². The van der Waals surface area contributed by atoms with Crippen molar-refractivity contribution in [2.75, 3.05) is 5.32 Å². The fourth-order valence-electron chi connectivity index (χ4n) is 4.04. The van der Waals surface area contributed by atoms with Crippen LogP contribution in [0.4, 0.5) is 11.4 Å². The molecule has 1 aliphatic heterocycles. The molecule has 1 N–H and O–H groups in total. The highest BCUT2D eigenvalue weighted by Gasteiger charge is 2.45. The second kappa shape index (κ2) is 6.36. The smallest absolute Gasteiger partial charge is 0.269 e. The number of hydrogen-bond donors (Lipinski definition) is 1. The van der Waals surface area contributed by atoms with E-state index in [4.69, 9.17) is 0 Å². The Bertz CT molecular complexity index is 1370. The van der Waals surface area contributed by atoms with E-state index >= 15 is 0 Å². The zero-order valence-electron chi connectivity index (χ0n) is 15.4. The number of rotatable bonds is 2. The molecule has 8 heteroatoms. The lowest BCUT2D eigenvalue weighted by molar-refractivity contribution is -0.384. The molecule has 30 heavy (non-hydrogen) atoms. The van der Waals surface area contributed by atoms with Crippen molar-refractivity contribution < 1.29 is 18.1 Å². The van der Waals surface area contributed by atoms with E-state index in [-0.39, 0.29) is 21.9 Å². The maximum Gasteiger partial charge on any atom is 0.269 e. The molecule has 0 aromatic heterocycles. The van der Waals surface area contributed by atoms with Gasteiger partial charge in [-0.25, -0.2) is 8.42 Å². The van der Waals surface area contributed by atoms with Crippen molar-refractivity contribution in [2.24, 2.45) is 0 Å². The van der Waals surface area contributed by atoms with Gasteiger partial charge in [0.15, 0.2) is 15.6 Å². The van der Waals surface area contributed by atoms with E-state index in [1.54, 1.807) is 42.5 Å². The summed E-state index contributed by atoms with van der Waals surface area (Å²) in [6.07, 6.45) is 0. The Hall–Kier alpha value is -3.78. The zero-order valence-corrected chi connectivity index (χ0v) is 16.2. The van der Waals surface area contributed by atoms with Gasteiger partial charge in [-0.05, 0) is 17.7 Å². The first-order valence-electron chi connectivity index (χ1n) is 9.12. The fraction of sp³-hybridized carbons (Fsp3) is 0.0455. The molecule has 3 aromatic rings. The number of para-hydroxylation sites is 1. The number of anilines is 1. The molecule has 1 atom stereocenters. The predicted molar refractivity (Wildman–Crippen MR) is 111 cm³/mol. The average Bonchev–Trinajstić information content (AvgIpc) is 2.95. The number of nitro groups is 1. The molecule has 0 saturated heterocycles. The van der Waals surface area contributed by atoms with Gasteiger partial charge < -0.3 is 5.32 Å². The number of nitrogens with one attached hydrogen (secondary N) is 1. The highest BCUT2D eigenvalue weighted by Crippen LogP contribution is 2.49. The van der Waals surface area contributed by atoms with Gasteiger partial charge in [0.1, 0.15) is 5.25 Å². The third kappa shape index (κ3) is 2.50. The number of non-ortho nitro benzene ring substituents is 1. The first kappa shape index (κ1) is 18.3. The van der Waals surface area contributed by atoms with Gasteiger partial charge in [-0.2, -0.15) is 0 Å². The minimum atomic E-state index is -4.02. The van der Waals surface area contributed by atoms with Gasteiger partial charge in [-0.15, -0.1) is 0 Å². The van der Waals surface area contributed by atoms with Gasteiger partial charge in [0.05, 0.1) is 21.2 Å². The number of benzene rings is 3.